The number of carbonyl (C=O) groups is 1. The predicted octanol–water partition coefficient (Wildman–Crippen LogP) is -0.140. The maximum Gasteiger partial charge on any atom is 0.488 e. The molecule has 0 amide bonds. The molecule has 86 valence electrons. The first-order chi connectivity index (χ1) is 7.44. The number of rotatable bonds is 5. The molecule has 1 aromatic carbocycles. The van der Waals surface area contributed by atoms with Gasteiger partial charge in [-0.2, -0.15) is 0 Å². The molecule has 0 spiro atoms. The molecule has 0 bridgehead atoms. The van der Waals surface area contributed by atoms with Crippen LogP contribution in [0.25, 0.3) is 0 Å². The highest BCUT2D eigenvalue weighted by molar-refractivity contribution is 6.58. The second kappa shape index (κ2) is 5.14. The van der Waals surface area contributed by atoms with Crippen LogP contribution in [0.5, 0.6) is 0 Å². The zero-order valence-corrected chi connectivity index (χ0v) is 9.38. The lowest BCUT2D eigenvalue weighted by Gasteiger charge is -2.22. The van der Waals surface area contributed by atoms with E-state index in [0.29, 0.717) is 18.4 Å². The van der Waals surface area contributed by atoms with Crippen LogP contribution in [0.3, 0.4) is 0 Å². The Labute approximate surface area is 95.0 Å². The number of hydrogen-bond donors (Lipinski definition) is 2. The van der Waals surface area contributed by atoms with Crippen molar-refractivity contribution < 1.29 is 19.6 Å². The highest BCUT2D eigenvalue weighted by atomic mass is 16.5. The van der Waals surface area contributed by atoms with Gasteiger partial charge in [-0.05, 0) is 24.9 Å². The average molecular weight is 222 g/mol. The fraction of sp³-hybridized carbons (Fsp3) is 0.364. The summed E-state index contributed by atoms with van der Waals surface area (Å²) in [5.74, 6) is 0. The van der Waals surface area contributed by atoms with E-state index in [1.165, 1.54) is 0 Å². The zero-order chi connectivity index (χ0) is 12.2. The molecule has 16 heavy (non-hydrogen) atoms. The number of benzene rings is 1. The molecule has 2 N–H and O–H groups in total. The highest BCUT2D eigenvalue weighted by Crippen LogP contribution is 2.15. The smallest absolute Gasteiger partial charge is 0.462 e. The molecule has 1 rings (SSSR count). The Morgan fingerprint density at radius 2 is 1.88 bits per heavy atom. The molecule has 0 saturated carbocycles. The molecule has 0 heterocycles. The third-order valence-corrected chi connectivity index (χ3v) is 2.27. The Morgan fingerprint density at radius 1 is 1.31 bits per heavy atom. The van der Waals surface area contributed by atoms with Gasteiger partial charge in [0.15, 0.2) is 0 Å². The summed E-state index contributed by atoms with van der Waals surface area (Å²) >= 11 is 0. The van der Waals surface area contributed by atoms with E-state index < -0.39 is 12.7 Å². The molecule has 5 heteroatoms. The van der Waals surface area contributed by atoms with Crippen molar-refractivity contribution >= 4 is 19.1 Å². The summed E-state index contributed by atoms with van der Waals surface area (Å²) in [6.07, 6.45) is 0.577. The molecule has 1 aromatic rings. The van der Waals surface area contributed by atoms with Crippen LogP contribution in [0.2, 0.25) is 0 Å². The van der Waals surface area contributed by atoms with Crippen LogP contribution < -0.4 is 5.46 Å². The van der Waals surface area contributed by atoms with Crippen molar-refractivity contribution in [3.8, 4) is 0 Å². The second-order valence-corrected chi connectivity index (χ2v) is 4.27. The third-order valence-electron chi connectivity index (χ3n) is 2.27. The fourth-order valence-corrected chi connectivity index (χ4v) is 1.47. The second-order valence-electron chi connectivity index (χ2n) is 4.27. The van der Waals surface area contributed by atoms with E-state index in [-0.39, 0.29) is 0 Å². The van der Waals surface area contributed by atoms with Gasteiger partial charge in [0, 0.05) is 6.42 Å². The van der Waals surface area contributed by atoms with Crippen LogP contribution in [0.1, 0.15) is 19.4 Å². The van der Waals surface area contributed by atoms with Gasteiger partial charge in [0.2, 0.25) is 0 Å². The van der Waals surface area contributed by atoms with Crippen LogP contribution in [0, 0.1) is 0 Å². The van der Waals surface area contributed by atoms with Crippen LogP contribution >= 0.6 is 0 Å². The van der Waals surface area contributed by atoms with Crippen molar-refractivity contribution in [3.05, 3.63) is 29.8 Å². The van der Waals surface area contributed by atoms with Gasteiger partial charge in [-0.1, -0.05) is 24.3 Å². The quantitative estimate of drug-likeness (QED) is 0.537. The molecule has 0 aliphatic carbocycles. The minimum atomic E-state index is -1.45. The summed E-state index contributed by atoms with van der Waals surface area (Å²) < 4.78 is 4.93. The van der Waals surface area contributed by atoms with E-state index in [0.717, 1.165) is 5.56 Å². The largest absolute Gasteiger partial charge is 0.488 e. The first-order valence-corrected chi connectivity index (χ1v) is 5.01. The summed E-state index contributed by atoms with van der Waals surface area (Å²) in [7, 11) is -1.45. The molecule has 4 nitrogen and oxygen atoms in total. The van der Waals surface area contributed by atoms with Crippen LogP contribution in [0.15, 0.2) is 24.3 Å². The third kappa shape index (κ3) is 3.68. The maximum absolute atomic E-state index is 10.3. The standard InChI is InChI=1S/C11H15BO4/c1-11(2,16-8-13)7-9-3-5-10(6-4-9)12(14)15/h3-6,8,14-15H,7H2,1-2H3. The Hall–Kier alpha value is -1.33. The number of carbonyl (C=O) groups excluding carboxylic acids is 1. The van der Waals surface area contributed by atoms with Gasteiger partial charge in [-0.3, -0.25) is 4.79 Å². The van der Waals surface area contributed by atoms with E-state index >= 15 is 0 Å². The van der Waals surface area contributed by atoms with Gasteiger partial charge in [-0.15, -0.1) is 0 Å². The van der Waals surface area contributed by atoms with E-state index in [9.17, 15) is 4.79 Å². The zero-order valence-electron chi connectivity index (χ0n) is 9.38. The fourth-order valence-electron chi connectivity index (χ4n) is 1.47. The van der Waals surface area contributed by atoms with E-state index in [2.05, 4.69) is 0 Å². The van der Waals surface area contributed by atoms with Gasteiger partial charge >= 0.3 is 7.12 Å². The van der Waals surface area contributed by atoms with Crippen LogP contribution in [-0.2, 0) is 16.0 Å². The van der Waals surface area contributed by atoms with Crippen molar-refractivity contribution in [3.63, 3.8) is 0 Å². The van der Waals surface area contributed by atoms with Gasteiger partial charge < -0.3 is 14.8 Å². The first-order valence-electron chi connectivity index (χ1n) is 5.01. The van der Waals surface area contributed by atoms with Gasteiger partial charge in [0.1, 0.15) is 5.60 Å². The minimum absolute atomic E-state index is 0.436. The van der Waals surface area contributed by atoms with Crippen molar-refractivity contribution in [2.45, 2.75) is 25.9 Å². The summed E-state index contributed by atoms with van der Waals surface area (Å²) in [4.78, 5) is 10.3. The SMILES string of the molecule is CC(C)(Cc1ccc(B(O)O)cc1)OC=O. The molecule has 0 aliphatic rings. The lowest BCUT2D eigenvalue weighted by Crippen LogP contribution is -2.30. The summed E-state index contributed by atoms with van der Waals surface area (Å²) in [6, 6.07) is 6.84. The van der Waals surface area contributed by atoms with E-state index in [1.807, 2.05) is 13.8 Å². The topological polar surface area (TPSA) is 66.8 Å². The highest BCUT2D eigenvalue weighted by Gasteiger charge is 2.19. The van der Waals surface area contributed by atoms with Crippen molar-refractivity contribution in [2.75, 3.05) is 0 Å². The van der Waals surface area contributed by atoms with Crippen molar-refractivity contribution in [1.82, 2.24) is 0 Å². The minimum Gasteiger partial charge on any atom is -0.462 e. The van der Waals surface area contributed by atoms with Crippen LogP contribution in [-0.4, -0.2) is 29.2 Å². The average Bonchev–Trinajstić information content (AvgIpc) is 2.17. The van der Waals surface area contributed by atoms with E-state index in [1.54, 1.807) is 24.3 Å². The van der Waals surface area contributed by atoms with Gasteiger partial charge in [-0.25, -0.2) is 0 Å². The monoisotopic (exact) mass is 222 g/mol. The Bertz CT molecular complexity index is 346. The Morgan fingerprint density at radius 3 is 2.31 bits per heavy atom. The molecule has 0 aliphatic heterocycles. The molecule has 0 radical (unpaired) electrons. The summed E-state index contributed by atoms with van der Waals surface area (Å²) in [5.41, 5.74) is 0.857. The molecule has 0 fully saturated rings. The van der Waals surface area contributed by atoms with Crippen molar-refractivity contribution in [2.24, 2.45) is 0 Å². The molecule has 0 aromatic heterocycles. The van der Waals surface area contributed by atoms with Gasteiger partial charge in [0.25, 0.3) is 6.47 Å². The molecular weight excluding hydrogens is 207 g/mol. The first kappa shape index (κ1) is 12.7. The summed E-state index contributed by atoms with van der Waals surface area (Å²) in [5, 5.41) is 17.8. The lowest BCUT2D eigenvalue weighted by molar-refractivity contribution is -0.140. The van der Waals surface area contributed by atoms with Crippen molar-refractivity contribution in [1.29, 1.82) is 0 Å². The Balaban J connectivity index is 2.72. The predicted molar refractivity (Wildman–Crippen MR) is 61.2 cm³/mol. The van der Waals surface area contributed by atoms with Crippen LogP contribution in [0.4, 0.5) is 0 Å². The lowest BCUT2D eigenvalue weighted by atomic mass is 9.79. The Kier molecular flexibility index (Phi) is 4.09. The molecular formula is C11H15BO4. The molecule has 0 atom stereocenters. The van der Waals surface area contributed by atoms with Gasteiger partial charge in [0.05, 0.1) is 0 Å². The molecule has 0 saturated heterocycles. The number of ether oxygens (including phenoxy) is 1. The maximum atomic E-state index is 10.3. The normalized spacial score (nSPS) is 11.0. The van der Waals surface area contributed by atoms with E-state index in [4.69, 9.17) is 14.8 Å². The molecule has 0 unspecified atom stereocenters. The number of hydrogen-bond acceptors (Lipinski definition) is 4. The summed E-state index contributed by atoms with van der Waals surface area (Å²) in [6.45, 7) is 4.07.